The van der Waals surface area contributed by atoms with Crippen molar-refractivity contribution in [3.8, 4) is 34.3 Å². The molecule has 0 saturated carbocycles. The fraction of sp³-hybridized carbons (Fsp3) is 0.464. The topological polar surface area (TPSA) is 238 Å². The lowest BCUT2D eigenvalue weighted by Crippen LogP contribution is -2.64. The van der Waals surface area contributed by atoms with Crippen molar-refractivity contribution in [3.63, 3.8) is 0 Å². The number of rotatable bonds is 7. The second-order valence-corrected chi connectivity index (χ2v) is 10.3. The average molecular weight is 609 g/mol. The van der Waals surface area contributed by atoms with Gasteiger partial charge in [-0.25, -0.2) is 0 Å². The van der Waals surface area contributed by atoms with Crippen molar-refractivity contribution >= 4 is 11.0 Å². The van der Waals surface area contributed by atoms with Crippen LogP contribution in [0.3, 0.4) is 0 Å². The monoisotopic (exact) mass is 608 g/mol. The van der Waals surface area contributed by atoms with E-state index in [1.165, 1.54) is 50.4 Å². The van der Waals surface area contributed by atoms with Gasteiger partial charge in [-0.15, -0.1) is 0 Å². The van der Waals surface area contributed by atoms with Crippen molar-refractivity contribution in [2.24, 2.45) is 0 Å². The predicted molar refractivity (Wildman–Crippen MR) is 143 cm³/mol. The van der Waals surface area contributed by atoms with Crippen molar-refractivity contribution in [2.45, 2.75) is 68.3 Å². The predicted octanol–water partition coefficient (Wildman–Crippen LogP) is -1.09. The highest BCUT2D eigenvalue weighted by Gasteiger charge is 2.51. The molecule has 3 aromatic rings. The fourth-order valence-electron chi connectivity index (χ4n) is 4.98. The Bertz CT molecular complexity index is 1490. The number of benzene rings is 2. The molecule has 0 radical (unpaired) electrons. The van der Waals surface area contributed by atoms with E-state index < -0.39 is 84.9 Å². The molecule has 234 valence electrons. The summed E-state index contributed by atoms with van der Waals surface area (Å²) in [6.45, 7) is 0.618. The van der Waals surface area contributed by atoms with E-state index in [4.69, 9.17) is 28.1 Å². The zero-order chi connectivity index (χ0) is 31.2. The number of phenolic OH excluding ortho intramolecular Hbond substituents is 2. The van der Waals surface area contributed by atoms with Crippen LogP contribution >= 0.6 is 0 Å². The number of hydrogen-bond acceptors (Lipinski definition) is 15. The quantitative estimate of drug-likeness (QED) is 0.159. The maximum atomic E-state index is 13.8. The minimum atomic E-state index is -1.85. The van der Waals surface area contributed by atoms with E-state index in [1.807, 2.05) is 0 Å². The Morgan fingerprint density at radius 3 is 2.21 bits per heavy atom. The van der Waals surface area contributed by atoms with Crippen LogP contribution in [0.25, 0.3) is 22.3 Å². The number of ether oxygens (including phenoxy) is 5. The van der Waals surface area contributed by atoms with Crippen LogP contribution in [-0.4, -0.2) is 116 Å². The van der Waals surface area contributed by atoms with Gasteiger partial charge in [-0.2, -0.15) is 0 Å². The molecule has 2 saturated heterocycles. The highest BCUT2D eigenvalue weighted by atomic mass is 16.8. The molecule has 15 heteroatoms. The lowest BCUT2D eigenvalue weighted by Gasteiger charge is -2.45. The molecule has 1 aromatic heterocycles. The van der Waals surface area contributed by atoms with E-state index in [0.717, 1.165) is 0 Å². The number of aliphatic hydroxyl groups excluding tert-OH is 6. The van der Waals surface area contributed by atoms with Crippen LogP contribution < -0.4 is 14.9 Å². The van der Waals surface area contributed by atoms with Crippen LogP contribution in [0.5, 0.6) is 23.0 Å². The summed E-state index contributed by atoms with van der Waals surface area (Å²) in [7, 11) is 1.35. The molecule has 3 heterocycles. The van der Waals surface area contributed by atoms with Crippen LogP contribution in [0.4, 0.5) is 0 Å². The van der Waals surface area contributed by atoms with Gasteiger partial charge in [-0.1, -0.05) is 0 Å². The molecule has 43 heavy (non-hydrogen) atoms. The smallest absolute Gasteiger partial charge is 0.239 e. The van der Waals surface area contributed by atoms with Crippen molar-refractivity contribution in [1.82, 2.24) is 0 Å². The maximum Gasteiger partial charge on any atom is 0.239 e. The molecule has 0 spiro atoms. The van der Waals surface area contributed by atoms with Gasteiger partial charge in [0.15, 0.2) is 18.2 Å². The Hall–Kier alpha value is -3.51. The van der Waals surface area contributed by atoms with Crippen molar-refractivity contribution in [1.29, 1.82) is 0 Å². The van der Waals surface area contributed by atoms with Gasteiger partial charge < -0.3 is 69.0 Å². The second-order valence-electron chi connectivity index (χ2n) is 10.3. The standard InChI is InChI=1S/C28H32O15/c1-10-18(32)21(35)23(37)27(39-10)43-26-22(36)19(33)16(9-29)41-28(26)42-25-20(34)17-14(31)7-13(38-2)8-15(17)40-24(25)11-3-5-12(30)6-4-11/h3-8,10,16,18-19,21-23,26-33,35-37H,9H2,1-2H3/t10-,16-,18-,19-,21-,22-,23-,26-,27-,28+/m0/s1. The lowest BCUT2D eigenvalue weighted by molar-refractivity contribution is -0.354. The number of aromatic hydroxyl groups is 2. The molecule has 5 rings (SSSR count). The summed E-state index contributed by atoms with van der Waals surface area (Å²) < 4.78 is 33.9. The number of hydrogen-bond donors (Lipinski definition) is 8. The minimum absolute atomic E-state index is 0.0846. The average Bonchev–Trinajstić information content (AvgIpc) is 2.99. The highest BCUT2D eigenvalue weighted by molar-refractivity contribution is 5.88. The number of fused-ring (bicyclic) bond motifs is 1. The molecule has 2 aliphatic rings. The first-order valence-electron chi connectivity index (χ1n) is 13.3. The first-order chi connectivity index (χ1) is 20.4. The molecule has 10 atom stereocenters. The summed E-state index contributed by atoms with van der Waals surface area (Å²) in [5.74, 6) is -1.17. The Morgan fingerprint density at radius 1 is 0.860 bits per heavy atom. The van der Waals surface area contributed by atoms with Crippen molar-refractivity contribution in [2.75, 3.05) is 13.7 Å². The van der Waals surface area contributed by atoms with E-state index in [1.54, 1.807) is 0 Å². The first kappa shape index (κ1) is 30.9. The minimum Gasteiger partial charge on any atom is -0.508 e. The molecular formula is C28H32O15. The summed E-state index contributed by atoms with van der Waals surface area (Å²) >= 11 is 0. The van der Waals surface area contributed by atoms with Crippen LogP contribution in [0.1, 0.15) is 6.92 Å². The van der Waals surface area contributed by atoms with Gasteiger partial charge in [0, 0.05) is 17.7 Å². The molecule has 2 aromatic carbocycles. The fourth-order valence-corrected chi connectivity index (χ4v) is 4.98. The Morgan fingerprint density at radius 2 is 1.56 bits per heavy atom. The Balaban J connectivity index is 1.61. The number of methoxy groups -OCH3 is 1. The Labute approximate surface area is 243 Å². The summed E-state index contributed by atoms with van der Waals surface area (Å²) in [6.07, 6.45) is -16.2. The van der Waals surface area contributed by atoms with Gasteiger partial charge in [0.1, 0.15) is 64.8 Å². The molecule has 15 nitrogen and oxygen atoms in total. The molecule has 2 aliphatic heterocycles. The largest absolute Gasteiger partial charge is 0.508 e. The van der Waals surface area contributed by atoms with Gasteiger partial charge in [0.05, 0.1) is 19.8 Å². The molecule has 0 aliphatic carbocycles. The van der Waals surface area contributed by atoms with Crippen LogP contribution in [0.15, 0.2) is 45.6 Å². The molecule has 0 amide bonds. The van der Waals surface area contributed by atoms with Crippen LogP contribution in [0, 0.1) is 0 Å². The maximum absolute atomic E-state index is 13.8. The van der Waals surface area contributed by atoms with Crippen LogP contribution in [0.2, 0.25) is 0 Å². The van der Waals surface area contributed by atoms with E-state index in [9.17, 15) is 45.6 Å². The van der Waals surface area contributed by atoms with E-state index >= 15 is 0 Å². The first-order valence-corrected chi connectivity index (χ1v) is 13.3. The van der Waals surface area contributed by atoms with E-state index in [2.05, 4.69) is 0 Å². The van der Waals surface area contributed by atoms with E-state index in [-0.39, 0.29) is 33.8 Å². The van der Waals surface area contributed by atoms with Gasteiger partial charge in [-0.3, -0.25) is 4.79 Å². The highest BCUT2D eigenvalue weighted by Crippen LogP contribution is 2.38. The third kappa shape index (κ3) is 5.74. The third-order valence-electron chi connectivity index (χ3n) is 7.43. The van der Waals surface area contributed by atoms with Gasteiger partial charge in [-0.05, 0) is 31.2 Å². The summed E-state index contributed by atoms with van der Waals surface area (Å²) in [4.78, 5) is 13.8. The number of phenols is 2. The van der Waals surface area contributed by atoms with Gasteiger partial charge in [0.25, 0.3) is 0 Å². The van der Waals surface area contributed by atoms with Crippen molar-refractivity contribution < 1.29 is 69.0 Å². The van der Waals surface area contributed by atoms with Gasteiger partial charge >= 0.3 is 0 Å². The van der Waals surface area contributed by atoms with Crippen LogP contribution in [-0.2, 0) is 14.2 Å². The second kappa shape index (κ2) is 12.2. The molecular weight excluding hydrogens is 576 g/mol. The van der Waals surface area contributed by atoms with E-state index in [0.29, 0.717) is 0 Å². The SMILES string of the molecule is COc1cc(O)c2c(=O)c(O[C@H]3O[C@@H](CO)[C@H](O)[C@H](O)[C@@H]3O[C@@H]3O[C@@H](C)[C@H](O)[C@H](O)[C@@H]3O)c(-c3ccc(O)cc3)oc2c1. The normalized spacial score (nSPS) is 32.9. The third-order valence-corrected chi connectivity index (χ3v) is 7.43. The zero-order valence-corrected chi connectivity index (χ0v) is 22.9. The molecule has 8 N–H and O–H groups in total. The summed E-state index contributed by atoms with van der Waals surface area (Å²) in [5.41, 5.74) is -0.744. The summed E-state index contributed by atoms with van der Waals surface area (Å²) in [5, 5.41) is 82.2. The van der Waals surface area contributed by atoms with Crippen molar-refractivity contribution in [3.05, 3.63) is 46.6 Å². The summed E-state index contributed by atoms with van der Waals surface area (Å²) in [6, 6.07) is 8.00. The number of aliphatic hydroxyl groups is 6. The zero-order valence-electron chi connectivity index (χ0n) is 22.9. The lowest BCUT2D eigenvalue weighted by atomic mass is 9.97. The molecule has 0 unspecified atom stereocenters. The Kier molecular flexibility index (Phi) is 8.80. The van der Waals surface area contributed by atoms with Gasteiger partial charge in [0.2, 0.25) is 17.5 Å². The molecule has 2 fully saturated rings. The molecule has 0 bridgehead atoms.